The van der Waals surface area contributed by atoms with Crippen LogP contribution in [0.25, 0.3) is 5.65 Å². The molecule has 10 nitrogen and oxygen atoms in total. The average Bonchev–Trinajstić information content (AvgIpc) is 3.91. The van der Waals surface area contributed by atoms with Gasteiger partial charge in [-0.1, -0.05) is 18.2 Å². The van der Waals surface area contributed by atoms with Crippen LogP contribution in [0.5, 0.6) is 5.88 Å². The number of aromatic nitrogens is 4. The summed E-state index contributed by atoms with van der Waals surface area (Å²) in [6, 6.07) is 9.51. The van der Waals surface area contributed by atoms with Crippen LogP contribution in [0.4, 0.5) is 0 Å². The van der Waals surface area contributed by atoms with Gasteiger partial charge in [-0.3, -0.25) is 9.20 Å². The number of hydrogen-bond donors (Lipinski definition) is 1. The summed E-state index contributed by atoms with van der Waals surface area (Å²) in [6.07, 6.45) is 7.30. The number of rotatable bonds is 7. The van der Waals surface area contributed by atoms with Crippen molar-refractivity contribution in [2.75, 3.05) is 6.54 Å². The fourth-order valence-corrected chi connectivity index (χ4v) is 8.14. The quantitative estimate of drug-likeness (QED) is 0.297. The predicted molar refractivity (Wildman–Crippen MR) is 163 cm³/mol. The van der Waals surface area contributed by atoms with Gasteiger partial charge in [0.15, 0.2) is 5.65 Å². The number of carboxylic acid groups (broad SMARTS) is 1. The monoisotopic (exact) mass is 615 g/mol. The molecule has 44 heavy (non-hydrogen) atoms. The van der Waals surface area contributed by atoms with Crippen LogP contribution in [0.2, 0.25) is 0 Å². The van der Waals surface area contributed by atoms with Crippen LogP contribution in [-0.2, 0) is 21.4 Å². The van der Waals surface area contributed by atoms with Gasteiger partial charge in [-0.25, -0.2) is 13.4 Å². The van der Waals surface area contributed by atoms with Crippen molar-refractivity contribution >= 4 is 21.6 Å². The molecule has 0 amide bonds. The first kappa shape index (κ1) is 28.9. The normalized spacial score (nSPS) is 19.8. The number of hydrogen-bond acceptors (Lipinski definition) is 7. The Bertz CT molecular complexity index is 1940. The van der Waals surface area contributed by atoms with Gasteiger partial charge in [-0.05, 0) is 106 Å². The molecule has 11 heteroatoms. The van der Waals surface area contributed by atoms with Crippen LogP contribution in [0.15, 0.2) is 47.6 Å². The summed E-state index contributed by atoms with van der Waals surface area (Å²) in [7, 11) is -3.91. The maximum Gasteiger partial charge on any atom is 0.310 e. The molecule has 2 saturated carbocycles. The number of pyridine rings is 2. The molecule has 1 aliphatic heterocycles. The zero-order valence-electron chi connectivity index (χ0n) is 25.7. The molecule has 7 rings (SSSR count). The Morgan fingerprint density at radius 3 is 2.57 bits per heavy atom. The highest BCUT2D eigenvalue weighted by molar-refractivity contribution is 7.89. The Morgan fingerprint density at radius 1 is 1.14 bits per heavy atom. The van der Waals surface area contributed by atoms with E-state index in [1.54, 1.807) is 26.1 Å². The van der Waals surface area contributed by atoms with Crippen molar-refractivity contribution in [3.05, 3.63) is 81.9 Å². The van der Waals surface area contributed by atoms with Gasteiger partial charge in [-0.15, -0.1) is 10.2 Å². The van der Waals surface area contributed by atoms with Crippen LogP contribution >= 0.6 is 0 Å². The fraction of sp³-hybridized carbons (Fsp3) is 0.455. The molecule has 4 aromatic rings. The molecule has 0 saturated heterocycles. The Hall–Kier alpha value is -3.83. The summed E-state index contributed by atoms with van der Waals surface area (Å²) in [5, 5.41) is 19.4. The van der Waals surface area contributed by atoms with Crippen molar-refractivity contribution in [1.82, 2.24) is 23.9 Å². The zero-order chi connectivity index (χ0) is 31.2. The van der Waals surface area contributed by atoms with E-state index in [0.717, 1.165) is 70.5 Å². The second-order valence-corrected chi connectivity index (χ2v) is 15.3. The largest absolute Gasteiger partial charge is 0.481 e. The zero-order valence-corrected chi connectivity index (χ0v) is 26.5. The molecular weight excluding hydrogens is 578 g/mol. The van der Waals surface area contributed by atoms with Gasteiger partial charge in [0.05, 0.1) is 12.0 Å². The minimum absolute atomic E-state index is 0.0859. The first-order valence-electron chi connectivity index (χ1n) is 15.1. The van der Waals surface area contributed by atoms with Crippen molar-refractivity contribution < 1.29 is 23.1 Å². The van der Waals surface area contributed by atoms with E-state index in [2.05, 4.69) is 15.2 Å². The summed E-state index contributed by atoms with van der Waals surface area (Å²) >= 11 is 0. The highest BCUT2D eigenvalue weighted by Gasteiger charge is 2.52. The van der Waals surface area contributed by atoms with Gasteiger partial charge in [-0.2, -0.15) is 4.31 Å². The molecule has 1 aromatic carbocycles. The van der Waals surface area contributed by atoms with Crippen molar-refractivity contribution in [1.29, 1.82) is 0 Å². The third-order valence-electron chi connectivity index (χ3n) is 9.63. The summed E-state index contributed by atoms with van der Waals surface area (Å²) in [4.78, 5) is 17.2. The maximum atomic E-state index is 14.0. The lowest BCUT2D eigenvalue weighted by Crippen LogP contribution is -2.38. The molecule has 1 atom stereocenters. The molecule has 1 spiro atoms. The van der Waals surface area contributed by atoms with E-state index in [-0.39, 0.29) is 23.9 Å². The number of fused-ring (bicyclic) bond motifs is 2. The lowest BCUT2D eigenvalue weighted by molar-refractivity contribution is -0.147. The standard InChI is InChI=1S/C33H37N5O5S/c1-19-14-26-30(34-16-19)43-33(11-12-33)18-37(44(26,41)42)17-24-15-23(7-6-20(24)2)27(32(4,5)31(39)40)25-10-13-38-28(21(25)3)35-36-29(38)22-8-9-22/h6-7,10,13-16,22,27H,8-9,11-12,17-18H2,1-5H3,(H,39,40). The number of ether oxygens (including phenoxy) is 1. The van der Waals surface area contributed by atoms with Gasteiger partial charge in [0.2, 0.25) is 15.9 Å². The molecule has 4 heterocycles. The van der Waals surface area contributed by atoms with Crippen LogP contribution in [-0.4, -0.2) is 55.5 Å². The second kappa shape index (κ2) is 9.84. The average molecular weight is 616 g/mol. The Morgan fingerprint density at radius 2 is 1.89 bits per heavy atom. The molecule has 2 aliphatic carbocycles. The van der Waals surface area contributed by atoms with E-state index in [1.165, 1.54) is 4.31 Å². The number of nitrogens with zero attached hydrogens (tertiary/aromatic N) is 5. The molecule has 1 unspecified atom stereocenters. The van der Waals surface area contributed by atoms with Crippen LogP contribution in [0.1, 0.15) is 90.6 Å². The molecule has 3 aliphatic rings. The van der Waals surface area contributed by atoms with Crippen molar-refractivity contribution in [2.45, 2.75) is 89.2 Å². The number of benzene rings is 1. The van der Waals surface area contributed by atoms with Gasteiger partial charge in [0.25, 0.3) is 0 Å². The van der Waals surface area contributed by atoms with Gasteiger partial charge in [0.1, 0.15) is 16.3 Å². The van der Waals surface area contributed by atoms with Crippen molar-refractivity contribution in [2.24, 2.45) is 5.41 Å². The smallest absolute Gasteiger partial charge is 0.310 e. The summed E-state index contributed by atoms with van der Waals surface area (Å²) in [5.41, 5.74) is 3.99. The van der Waals surface area contributed by atoms with Crippen LogP contribution < -0.4 is 4.74 Å². The lowest BCUT2D eigenvalue weighted by atomic mass is 9.70. The van der Waals surface area contributed by atoms with Gasteiger partial charge >= 0.3 is 5.97 Å². The Kier molecular flexibility index (Phi) is 6.46. The lowest BCUT2D eigenvalue weighted by Gasteiger charge is -2.33. The SMILES string of the molecule is Cc1cnc2c(c1)S(=O)(=O)N(Cc1cc(C(c3ccn4c(C5CC5)nnc4c3C)C(C)(C)C(=O)O)ccc1C)CC1(CC1)O2. The van der Waals surface area contributed by atoms with E-state index >= 15 is 0 Å². The number of aryl methyl sites for hydroxylation is 3. The summed E-state index contributed by atoms with van der Waals surface area (Å²) < 4.78 is 37.8. The van der Waals surface area contributed by atoms with Crippen LogP contribution in [0, 0.1) is 26.2 Å². The molecular formula is C33H37N5O5S. The van der Waals surface area contributed by atoms with E-state index in [1.807, 2.05) is 55.6 Å². The van der Waals surface area contributed by atoms with Gasteiger partial charge in [0, 0.05) is 30.8 Å². The Balaban J connectivity index is 1.32. The van der Waals surface area contributed by atoms with Crippen LogP contribution in [0.3, 0.4) is 0 Å². The minimum atomic E-state index is -3.91. The molecule has 0 bridgehead atoms. The third-order valence-corrected chi connectivity index (χ3v) is 11.4. The van der Waals surface area contributed by atoms with Gasteiger partial charge < -0.3 is 9.84 Å². The van der Waals surface area contributed by atoms with E-state index < -0.39 is 32.9 Å². The van der Waals surface area contributed by atoms with Crippen molar-refractivity contribution in [3.63, 3.8) is 0 Å². The first-order chi connectivity index (χ1) is 20.8. The molecule has 230 valence electrons. The number of carbonyl (C=O) groups is 1. The topological polar surface area (TPSA) is 127 Å². The molecule has 3 aromatic heterocycles. The fourth-order valence-electron chi connectivity index (χ4n) is 6.50. The number of sulfonamides is 1. The number of aliphatic carboxylic acids is 1. The summed E-state index contributed by atoms with van der Waals surface area (Å²) in [5.74, 6) is 0.0736. The molecule has 1 N–H and O–H groups in total. The maximum absolute atomic E-state index is 14.0. The predicted octanol–water partition coefficient (Wildman–Crippen LogP) is 5.29. The first-order valence-corrected chi connectivity index (χ1v) is 16.6. The minimum Gasteiger partial charge on any atom is -0.481 e. The Labute approximate surface area is 257 Å². The number of carboxylic acids is 1. The van der Waals surface area contributed by atoms with E-state index in [4.69, 9.17) is 4.74 Å². The van der Waals surface area contributed by atoms with Crippen molar-refractivity contribution in [3.8, 4) is 5.88 Å². The molecule has 0 radical (unpaired) electrons. The highest BCUT2D eigenvalue weighted by Crippen LogP contribution is 2.47. The van der Waals surface area contributed by atoms with E-state index in [0.29, 0.717) is 5.92 Å². The van der Waals surface area contributed by atoms with E-state index in [9.17, 15) is 18.3 Å². The second-order valence-electron chi connectivity index (χ2n) is 13.4. The third kappa shape index (κ3) is 4.68. The molecule has 2 fully saturated rings. The summed E-state index contributed by atoms with van der Waals surface area (Å²) in [6.45, 7) is 9.58. The highest BCUT2D eigenvalue weighted by atomic mass is 32.2.